The monoisotopic (exact) mass is 404 g/mol. The minimum absolute atomic E-state index is 0.0579. The lowest BCUT2D eigenvalue weighted by atomic mass is 9.90. The van der Waals surface area contributed by atoms with Gasteiger partial charge >= 0.3 is 0 Å². The van der Waals surface area contributed by atoms with E-state index in [1.807, 2.05) is 0 Å². The van der Waals surface area contributed by atoms with Crippen molar-refractivity contribution in [3.63, 3.8) is 0 Å². The zero-order valence-electron chi connectivity index (χ0n) is 18.1. The number of nitrogens with one attached hydrogen (secondary N) is 1. The summed E-state index contributed by atoms with van der Waals surface area (Å²) in [6.07, 6.45) is 4.67. The SMILES string of the molecule is CC(NC(=O)C1(C)CC1)c1ccc(C2CN(c3ccc(OCC4CC4)cc3)C2)cc1. The molecule has 1 atom stereocenters. The molecule has 0 radical (unpaired) electrons. The summed E-state index contributed by atoms with van der Waals surface area (Å²) in [5, 5.41) is 3.17. The molecule has 158 valence electrons. The van der Waals surface area contributed by atoms with E-state index in [0.717, 1.165) is 44.2 Å². The highest BCUT2D eigenvalue weighted by Crippen LogP contribution is 2.45. The van der Waals surface area contributed by atoms with Crippen molar-refractivity contribution >= 4 is 11.6 Å². The highest BCUT2D eigenvalue weighted by Gasteiger charge is 2.45. The lowest BCUT2D eigenvalue weighted by Crippen LogP contribution is -2.45. The summed E-state index contributed by atoms with van der Waals surface area (Å²) in [7, 11) is 0. The van der Waals surface area contributed by atoms with Gasteiger partial charge in [0.1, 0.15) is 5.75 Å². The van der Waals surface area contributed by atoms with Gasteiger partial charge in [0, 0.05) is 30.1 Å². The Bertz CT molecular complexity index is 892. The summed E-state index contributed by atoms with van der Waals surface area (Å²) in [5.74, 6) is 2.53. The zero-order chi connectivity index (χ0) is 20.7. The normalized spacial score (nSPS) is 20.9. The van der Waals surface area contributed by atoms with Gasteiger partial charge in [0.05, 0.1) is 12.6 Å². The Labute approximate surface area is 179 Å². The standard InChI is InChI=1S/C26H32N2O2/c1-18(27-25(29)26(2)13-14-26)20-5-7-21(8-6-20)22-15-28(16-22)23-9-11-24(12-10-23)30-17-19-3-4-19/h5-12,18-19,22H,3-4,13-17H2,1-2H3,(H,27,29). The van der Waals surface area contributed by atoms with Crippen molar-refractivity contribution in [3.8, 4) is 5.75 Å². The van der Waals surface area contributed by atoms with Crippen LogP contribution in [0, 0.1) is 11.3 Å². The Morgan fingerprint density at radius 1 is 1.10 bits per heavy atom. The van der Waals surface area contributed by atoms with Crippen molar-refractivity contribution in [1.82, 2.24) is 5.32 Å². The molecule has 3 fully saturated rings. The Kier molecular flexibility index (Phi) is 4.96. The molecule has 1 N–H and O–H groups in total. The van der Waals surface area contributed by atoms with Gasteiger partial charge in [0.2, 0.25) is 5.91 Å². The Morgan fingerprint density at radius 2 is 1.77 bits per heavy atom. The third-order valence-electron chi connectivity index (χ3n) is 7.07. The lowest BCUT2D eigenvalue weighted by Gasteiger charge is -2.41. The number of nitrogens with zero attached hydrogens (tertiary/aromatic N) is 1. The van der Waals surface area contributed by atoms with Crippen molar-refractivity contribution in [2.45, 2.75) is 51.5 Å². The zero-order valence-corrected chi connectivity index (χ0v) is 18.1. The minimum Gasteiger partial charge on any atom is -0.493 e. The van der Waals surface area contributed by atoms with Crippen LogP contribution in [0.5, 0.6) is 5.75 Å². The molecule has 4 nitrogen and oxygen atoms in total. The van der Waals surface area contributed by atoms with Crippen LogP contribution < -0.4 is 15.0 Å². The second kappa shape index (κ2) is 7.64. The number of carbonyl (C=O) groups is 1. The number of anilines is 1. The first-order valence-corrected chi connectivity index (χ1v) is 11.4. The van der Waals surface area contributed by atoms with Crippen LogP contribution in [-0.4, -0.2) is 25.6 Å². The number of hydrogen-bond donors (Lipinski definition) is 1. The van der Waals surface area contributed by atoms with Crippen LogP contribution in [0.4, 0.5) is 5.69 Å². The summed E-state index contributed by atoms with van der Waals surface area (Å²) < 4.78 is 5.84. The third kappa shape index (κ3) is 4.19. The van der Waals surface area contributed by atoms with Gasteiger partial charge in [-0.05, 0) is 73.9 Å². The van der Waals surface area contributed by atoms with Crippen LogP contribution in [0.1, 0.15) is 62.6 Å². The van der Waals surface area contributed by atoms with Gasteiger partial charge in [-0.2, -0.15) is 0 Å². The van der Waals surface area contributed by atoms with Gasteiger partial charge in [-0.1, -0.05) is 31.2 Å². The molecule has 30 heavy (non-hydrogen) atoms. The van der Waals surface area contributed by atoms with Crippen LogP contribution in [0.15, 0.2) is 48.5 Å². The maximum atomic E-state index is 12.3. The number of carbonyl (C=O) groups excluding carboxylic acids is 1. The fraction of sp³-hybridized carbons (Fsp3) is 0.500. The highest BCUT2D eigenvalue weighted by atomic mass is 16.5. The molecule has 1 heterocycles. The van der Waals surface area contributed by atoms with Gasteiger partial charge in [0.25, 0.3) is 0 Å². The second-order valence-corrected chi connectivity index (χ2v) is 9.77. The first-order chi connectivity index (χ1) is 14.5. The van der Waals surface area contributed by atoms with Crippen molar-refractivity contribution in [3.05, 3.63) is 59.7 Å². The maximum absolute atomic E-state index is 12.3. The molecule has 4 heteroatoms. The first-order valence-electron chi connectivity index (χ1n) is 11.4. The van der Waals surface area contributed by atoms with E-state index in [1.54, 1.807) is 0 Å². The van der Waals surface area contributed by atoms with Gasteiger partial charge in [-0.3, -0.25) is 4.79 Å². The summed E-state index contributed by atoms with van der Waals surface area (Å²) >= 11 is 0. The Morgan fingerprint density at radius 3 is 2.37 bits per heavy atom. The number of amides is 1. The molecule has 0 bridgehead atoms. The predicted octanol–water partition coefficient (Wildman–Crippen LogP) is 5.06. The van der Waals surface area contributed by atoms with Crippen molar-refractivity contribution in [2.24, 2.45) is 11.3 Å². The molecule has 1 aliphatic heterocycles. The highest BCUT2D eigenvalue weighted by molar-refractivity contribution is 5.85. The van der Waals surface area contributed by atoms with E-state index < -0.39 is 0 Å². The van der Waals surface area contributed by atoms with Gasteiger partial charge in [-0.25, -0.2) is 0 Å². The number of rotatable bonds is 8. The quantitative estimate of drug-likeness (QED) is 0.669. The number of benzene rings is 2. The van der Waals surface area contributed by atoms with Crippen molar-refractivity contribution in [1.29, 1.82) is 0 Å². The second-order valence-electron chi connectivity index (χ2n) is 9.77. The van der Waals surface area contributed by atoms with Gasteiger partial charge < -0.3 is 15.0 Å². The fourth-order valence-electron chi connectivity index (χ4n) is 4.08. The summed E-state index contributed by atoms with van der Waals surface area (Å²) in [6, 6.07) is 17.4. The largest absolute Gasteiger partial charge is 0.493 e. The molecule has 1 amide bonds. The van der Waals surface area contributed by atoms with Crippen LogP contribution in [0.25, 0.3) is 0 Å². The first kappa shape index (κ1) is 19.5. The predicted molar refractivity (Wildman–Crippen MR) is 120 cm³/mol. The van der Waals surface area contributed by atoms with Gasteiger partial charge in [-0.15, -0.1) is 0 Å². The average molecular weight is 405 g/mol. The summed E-state index contributed by atoms with van der Waals surface area (Å²) in [4.78, 5) is 14.7. The maximum Gasteiger partial charge on any atom is 0.226 e. The third-order valence-corrected chi connectivity index (χ3v) is 7.07. The van der Waals surface area contributed by atoms with Gasteiger partial charge in [0.15, 0.2) is 0 Å². The molecule has 1 unspecified atom stereocenters. The molecule has 2 aliphatic carbocycles. The van der Waals surface area contributed by atoms with E-state index in [4.69, 9.17) is 4.74 Å². The average Bonchev–Trinajstić information content (AvgIpc) is 3.64. The lowest BCUT2D eigenvalue weighted by molar-refractivity contribution is -0.126. The van der Waals surface area contributed by atoms with Crippen molar-refractivity contribution < 1.29 is 9.53 Å². The Hall–Kier alpha value is -2.49. The smallest absolute Gasteiger partial charge is 0.226 e. The molecule has 1 saturated heterocycles. The molecular formula is C26H32N2O2. The van der Waals surface area contributed by atoms with E-state index in [2.05, 4.69) is 72.6 Å². The molecule has 3 aliphatic rings. The number of ether oxygens (including phenoxy) is 1. The van der Waals surface area contributed by atoms with Crippen LogP contribution in [0.3, 0.4) is 0 Å². The van der Waals surface area contributed by atoms with E-state index in [-0.39, 0.29) is 17.4 Å². The molecule has 2 aromatic rings. The summed E-state index contributed by atoms with van der Waals surface area (Å²) in [6.45, 7) is 7.08. The van der Waals surface area contributed by atoms with E-state index >= 15 is 0 Å². The number of hydrogen-bond acceptors (Lipinski definition) is 3. The molecule has 0 aromatic heterocycles. The topological polar surface area (TPSA) is 41.6 Å². The van der Waals surface area contributed by atoms with Crippen LogP contribution in [-0.2, 0) is 4.79 Å². The summed E-state index contributed by atoms with van der Waals surface area (Å²) in [5.41, 5.74) is 3.71. The van der Waals surface area contributed by atoms with Crippen LogP contribution >= 0.6 is 0 Å². The van der Waals surface area contributed by atoms with E-state index in [9.17, 15) is 4.79 Å². The molecule has 0 spiro atoms. The molecule has 2 saturated carbocycles. The fourth-order valence-corrected chi connectivity index (χ4v) is 4.08. The minimum atomic E-state index is -0.120. The molecule has 2 aromatic carbocycles. The molecule has 5 rings (SSSR count). The molecular weight excluding hydrogens is 372 g/mol. The van der Waals surface area contributed by atoms with Crippen molar-refractivity contribution in [2.75, 3.05) is 24.6 Å². The van der Waals surface area contributed by atoms with Crippen LogP contribution in [0.2, 0.25) is 0 Å². The van der Waals surface area contributed by atoms with E-state index in [1.165, 1.54) is 29.7 Å². The Balaban J connectivity index is 1.12. The van der Waals surface area contributed by atoms with E-state index in [0.29, 0.717) is 5.92 Å².